The van der Waals surface area contributed by atoms with Crippen LogP contribution < -0.4 is 5.73 Å². The number of hydrogen-bond donors (Lipinski definition) is 1. The Bertz CT molecular complexity index is 303. The second kappa shape index (κ2) is 5.21. The minimum absolute atomic E-state index is 0.122. The summed E-state index contributed by atoms with van der Waals surface area (Å²) >= 11 is 0. The third-order valence-corrected chi connectivity index (χ3v) is 2.77. The van der Waals surface area contributed by atoms with Gasteiger partial charge in [0, 0.05) is 5.56 Å². The molecule has 0 spiro atoms. The summed E-state index contributed by atoms with van der Waals surface area (Å²) in [6, 6.07) is 3.94. The van der Waals surface area contributed by atoms with Gasteiger partial charge in [0.25, 0.3) is 0 Å². The maximum atomic E-state index is 13.3. The van der Waals surface area contributed by atoms with Crippen LogP contribution in [0.4, 0.5) is 8.78 Å². The van der Waals surface area contributed by atoms with Gasteiger partial charge in [-0.15, -0.1) is 0 Å². The molecule has 1 atom stereocenters. The van der Waals surface area contributed by atoms with Gasteiger partial charge >= 0.3 is 0 Å². The molecule has 1 rings (SSSR count). The number of hydrogen-bond acceptors (Lipinski definition) is 1. The van der Waals surface area contributed by atoms with E-state index >= 15 is 0 Å². The maximum Gasteiger partial charge on any atom is 0.129 e. The summed E-state index contributed by atoms with van der Waals surface area (Å²) in [7, 11) is 0. The molecule has 1 unspecified atom stereocenters. The van der Waals surface area contributed by atoms with E-state index in [-0.39, 0.29) is 11.5 Å². The van der Waals surface area contributed by atoms with E-state index in [1.807, 2.05) is 13.8 Å². The predicted molar refractivity (Wildman–Crippen MR) is 57.4 cm³/mol. The first-order valence-electron chi connectivity index (χ1n) is 5.19. The molecule has 0 saturated heterocycles. The van der Waals surface area contributed by atoms with Crippen molar-refractivity contribution in [2.45, 2.75) is 20.3 Å². The van der Waals surface area contributed by atoms with E-state index in [2.05, 4.69) is 0 Å². The lowest BCUT2D eigenvalue weighted by Crippen LogP contribution is -2.23. The molecule has 0 bridgehead atoms. The van der Waals surface area contributed by atoms with Crippen LogP contribution in [0.25, 0.3) is 0 Å². The van der Waals surface area contributed by atoms with Crippen LogP contribution in [0, 0.1) is 23.5 Å². The minimum Gasteiger partial charge on any atom is -0.330 e. The van der Waals surface area contributed by atoms with E-state index in [0.717, 1.165) is 0 Å². The fourth-order valence-corrected chi connectivity index (χ4v) is 1.58. The molecule has 1 aromatic rings. The van der Waals surface area contributed by atoms with E-state index in [0.29, 0.717) is 18.9 Å². The van der Waals surface area contributed by atoms with Crippen LogP contribution >= 0.6 is 0 Å². The summed E-state index contributed by atoms with van der Waals surface area (Å²) < 4.78 is 26.7. The van der Waals surface area contributed by atoms with Crippen molar-refractivity contribution in [1.29, 1.82) is 0 Å². The van der Waals surface area contributed by atoms with Gasteiger partial charge in [-0.1, -0.05) is 19.9 Å². The predicted octanol–water partition coefficient (Wildman–Crippen LogP) is 2.74. The average molecular weight is 213 g/mol. The molecule has 0 aromatic heterocycles. The van der Waals surface area contributed by atoms with Crippen molar-refractivity contribution in [3.8, 4) is 0 Å². The largest absolute Gasteiger partial charge is 0.330 e. The molecule has 3 heteroatoms. The fraction of sp³-hybridized carbons (Fsp3) is 0.500. The molecule has 0 aliphatic heterocycles. The van der Waals surface area contributed by atoms with Gasteiger partial charge in [-0.05, 0) is 36.9 Å². The van der Waals surface area contributed by atoms with Gasteiger partial charge in [-0.2, -0.15) is 0 Å². The van der Waals surface area contributed by atoms with Gasteiger partial charge in [-0.25, -0.2) is 8.78 Å². The Labute approximate surface area is 89.3 Å². The van der Waals surface area contributed by atoms with Gasteiger partial charge < -0.3 is 5.73 Å². The lowest BCUT2D eigenvalue weighted by molar-refractivity contribution is 0.379. The van der Waals surface area contributed by atoms with E-state index < -0.39 is 11.6 Å². The third-order valence-electron chi connectivity index (χ3n) is 2.77. The zero-order valence-electron chi connectivity index (χ0n) is 9.13. The Morgan fingerprint density at radius 3 is 2.13 bits per heavy atom. The first kappa shape index (κ1) is 12.1. The quantitative estimate of drug-likeness (QED) is 0.817. The van der Waals surface area contributed by atoms with Gasteiger partial charge in [0.05, 0.1) is 0 Å². The molecule has 0 saturated carbocycles. The highest BCUT2D eigenvalue weighted by Crippen LogP contribution is 2.20. The summed E-state index contributed by atoms with van der Waals surface area (Å²) in [6.07, 6.45) is 0.368. The standard InChI is InChI=1S/C12H17F2N/c1-8(2)9(7-15)6-10-11(13)4-3-5-12(10)14/h3-5,8-9H,6-7,15H2,1-2H3. The van der Waals surface area contributed by atoms with Crippen molar-refractivity contribution in [3.63, 3.8) is 0 Å². The molecular weight excluding hydrogens is 196 g/mol. The summed E-state index contributed by atoms with van der Waals surface area (Å²) in [4.78, 5) is 0. The lowest BCUT2D eigenvalue weighted by Gasteiger charge is -2.19. The summed E-state index contributed by atoms with van der Waals surface area (Å²) in [5, 5.41) is 0. The molecule has 2 N–H and O–H groups in total. The first-order valence-corrected chi connectivity index (χ1v) is 5.19. The van der Waals surface area contributed by atoms with Gasteiger partial charge in [0.15, 0.2) is 0 Å². The molecule has 0 aliphatic carbocycles. The molecule has 1 aromatic carbocycles. The number of nitrogens with two attached hydrogens (primary N) is 1. The zero-order chi connectivity index (χ0) is 11.4. The van der Waals surface area contributed by atoms with E-state index in [9.17, 15) is 8.78 Å². The molecule has 0 fully saturated rings. The SMILES string of the molecule is CC(C)C(CN)Cc1c(F)cccc1F. The Balaban J connectivity index is 2.87. The highest BCUT2D eigenvalue weighted by molar-refractivity contribution is 5.20. The number of rotatable bonds is 4. The summed E-state index contributed by atoms with van der Waals surface area (Å²) in [6.45, 7) is 4.47. The summed E-state index contributed by atoms with van der Waals surface area (Å²) in [5.41, 5.74) is 5.73. The smallest absolute Gasteiger partial charge is 0.129 e. The molecule has 15 heavy (non-hydrogen) atoms. The van der Waals surface area contributed by atoms with E-state index in [1.54, 1.807) is 0 Å². The third kappa shape index (κ3) is 2.99. The van der Waals surface area contributed by atoms with Crippen LogP contribution in [0.15, 0.2) is 18.2 Å². The Hall–Kier alpha value is -0.960. The number of halogens is 2. The van der Waals surface area contributed by atoms with Gasteiger partial charge in [0.2, 0.25) is 0 Å². The molecule has 0 amide bonds. The van der Waals surface area contributed by atoms with Crippen LogP contribution in [0.5, 0.6) is 0 Å². The Kier molecular flexibility index (Phi) is 4.21. The van der Waals surface area contributed by atoms with Crippen molar-refractivity contribution in [3.05, 3.63) is 35.4 Å². The molecule has 84 valence electrons. The second-order valence-corrected chi connectivity index (χ2v) is 4.14. The van der Waals surface area contributed by atoms with Crippen LogP contribution in [0.2, 0.25) is 0 Å². The molecule has 0 aliphatic rings. The van der Waals surface area contributed by atoms with E-state index in [4.69, 9.17) is 5.73 Å². The van der Waals surface area contributed by atoms with Gasteiger partial charge in [-0.3, -0.25) is 0 Å². The van der Waals surface area contributed by atoms with E-state index in [1.165, 1.54) is 18.2 Å². The van der Waals surface area contributed by atoms with Crippen molar-refractivity contribution in [2.75, 3.05) is 6.54 Å². The van der Waals surface area contributed by atoms with Crippen molar-refractivity contribution in [2.24, 2.45) is 17.6 Å². The molecule has 0 radical (unpaired) electrons. The highest BCUT2D eigenvalue weighted by Gasteiger charge is 2.17. The monoisotopic (exact) mass is 213 g/mol. The molecule has 1 nitrogen and oxygen atoms in total. The van der Waals surface area contributed by atoms with Crippen LogP contribution in [0.3, 0.4) is 0 Å². The minimum atomic E-state index is -0.478. The zero-order valence-corrected chi connectivity index (χ0v) is 9.13. The average Bonchev–Trinajstić information content (AvgIpc) is 2.17. The van der Waals surface area contributed by atoms with Crippen LogP contribution in [0.1, 0.15) is 19.4 Å². The lowest BCUT2D eigenvalue weighted by atomic mass is 9.89. The fourth-order valence-electron chi connectivity index (χ4n) is 1.58. The topological polar surface area (TPSA) is 26.0 Å². The highest BCUT2D eigenvalue weighted by atomic mass is 19.1. The van der Waals surface area contributed by atoms with Crippen molar-refractivity contribution in [1.82, 2.24) is 0 Å². The van der Waals surface area contributed by atoms with Crippen LogP contribution in [-0.4, -0.2) is 6.54 Å². The second-order valence-electron chi connectivity index (χ2n) is 4.14. The first-order chi connectivity index (χ1) is 7.06. The summed E-state index contributed by atoms with van der Waals surface area (Å²) in [5.74, 6) is -0.506. The van der Waals surface area contributed by atoms with Gasteiger partial charge in [0.1, 0.15) is 11.6 Å². The maximum absolute atomic E-state index is 13.3. The Morgan fingerprint density at radius 2 is 1.73 bits per heavy atom. The molecular formula is C12H17F2N. The normalized spacial score (nSPS) is 13.2. The van der Waals surface area contributed by atoms with Crippen LogP contribution in [-0.2, 0) is 6.42 Å². The molecule has 0 heterocycles. The number of benzene rings is 1. The Morgan fingerprint density at radius 1 is 1.20 bits per heavy atom. The van der Waals surface area contributed by atoms with Crippen molar-refractivity contribution >= 4 is 0 Å². The van der Waals surface area contributed by atoms with Crippen molar-refractivity contribution < 1.29 is 8.78 Å².